The van der Waals surface area contributed by atoms with Crippen LogP contribution in [-0.4, -0.2) is 40.3 Å². The lowest BCUT2D eigenvalue weighted by molar-refractivity contribution is -0.127. The minimum atomic E-state index is -3.30. The molecule has 1 aromatic carbocycles. The Morgan fingerprint density at radius 2 is 1.85 bits per heavy atom. The highest BCUT2D eigenvalue weighted by Crippen LogP contribution is 2.21. The van der Waals surface area contributed by atoms with Crippen molar-refractivity contribution < 1.29 is 17.9 Å². The number of rotatable bonds is 11. The van der Waals surface area contributed by atoms with Crippen LogP contribution >= 0.6 is 0 Å². The number of benzene rings is 1. The molecule has 0 aliphatic rings. The van der Waals surface area contributed by atoms with Gasteiger partial charge in [-0.25, -0.2) is 8.42 Å². The molecule has 0 aliphatic carbocycles. The largest absolute Gasteiger partial charge is 0.481 e. The summed E-state index contributed by atoms with van der Waals surface area (Å²) in [6.45, 7) is 6.68. The van der Waals surface area contributed by atoms with Crippen LogP contribution in [0.3, 0.4) is 0 Å². The average molecular weight is 385 g/mol. The summed E-state index contributed by atoms with van der Waals surface area (Å²) < 4.78 is 29.9. The van der Waals surface area contributed by atoms with Crippen LogP contribution in [0.4, 0.5) is 5.69 Å². The number of sulfonamides is 1. The van der Waals surface area contributed by atoms with Crippen LogP contribution < -0.4 is 14.4 Å². The smallest absolute Gasteiger partial charge is 0.260 e. The Morgan fingerprint density at radius 3 is 2.35 bits per heavy atom. The summed E-state index contributed by atoms with van der Waals surface area (Å²) in [7, 11) is -1.81. The topological polar surface area (TPSA) is 75.7 Å². The minimum Gasteiger partial charge on any atom is -0.481 e. The van der Waals surface area contributed by atoms with E-state index in [-0.39, 0.29) is 5.91 Å². The summed E-state index contributed by atoms with van der Waals surface area (Å²) in [6.07, 6.45) is 5.04. The molecule has 0 heterocycles. The van der Waals surface area contributed by atoms with Crippen molar-refractivity contribution in [3.8, 4) is 5.75 Å². The number of hydrogen-bond acceptors (Lipinski definition) is 4. The molecule has 1 N–H and O–H groups in total. The van der Waals surface area contributed by atoms with Gasteiger partial charge in [0, 0.05) is 13.6 Å². The standard InChI is InChI=1S/C19H32N2O4S/c1-6-8-9-16(7-2)14-20-19(22)15(3)25-18-12-10-17(11-13-18)21(4)26(5,23)24/h10-13,15-16H,6-9,14H2,1-5H3,(H,20,22)/t15-,16-/m1/s1. The fourth-order valence-corrected chi connectivity index (χ4v) is 3.02. The molecule has 0 aromatic heterocycles. The number of carbonyl (C=O) groups is 1. The number of carbonyl (C=O) groups excluding carboxylic acids is 1. The first-order chi connectivity index (χ1) is 12.2. The highest BCUT2D eigenvalue weighted by molar-refractivity contribution is 7.92. The molecular formula is C19H32N2O4S. The molecular weight excluding hydrogens is 352 g/mol. The van der Waals surface area contributed by atoms with Crippen molar-refractivity contribution in [3.63, 3.8) is 0 Å². The second-order valence-corrected chi connectivity index (χ2v) is 8.66. The predicted octanol–water partition coefficient (Wildman–Crippen LogP) is 3.18. The first kappa shape index (κ1) is 22.3. The fraction of sp³-hybridized carbons (Fsp3) is 0.632. The Hall–Kier alpha value is -1.76. The molecule has 148 valence electrons. The van der Waals surface area contributed by atoms with Crippen molar-refractivity contribution >= 4 is 21.6 Å². The molecule has 6 nitrogen and oxygen atoms in total. The maximum absolute atomic E-state index is 12.2. The molecule has 1 rings (SSSR count). The molecule has 0 saturated heterocycles. The molecule has 0 fully saturated rings. The molecule has 0 bridgehead atoms. The molecule has 26 heavy (non-hydrogen) atoms. The van der Waals surface area contributed by atoms with E-state index in [1.165, 1.54) is 17.8 Å². The molecule has 0 aliphatic heterocycles. The summed E-state index contributed by atoms with van der Waals surface area (Å²) in [5, 5.41) is 2.96. The normalized spacial score (nSPS) is 13.7. The fourth-order valence-electron chi connectivity index (χ4n) is 2.52. The van der Waals surface area contributed by atoms with Crippen LogP contribution in [0.5, 0.6) is 5.75 Å². The maximum Gasteiger partial charge on any atom is 0.260 e. The number of anilines is 1. The van der Waals surface area contributed by atoms with Gasteiger partial charge < -0.3 is 10.1 Å². The van der Waals surface area contributed by atoms with E-state index in [9.17, 15) is 13.2 Å². The Balaban J connectivity index is 2.56. The van der Waals surface area contributed by atoms with Crippen molar-refractivity contribution in [1.82, 2.24) is 5.32 Å². The molecule has 2 atom stereocenters. The van der Waals surface area contributed by atoms with E-state index in [2.05, 4.69) is 19.2 Å². The van der Waals surface area contributed by atoms with Gasteiger partial charge in [-0.05, 0) is 43.5 Å². The van der Waals surface area contributed by atoms with E-state index < -0.39 is 16.1 Å². The monoisotopic (exact) mass is 384 g/mol. The van der Waals surface area contributed by atoms with Gasteiger partial charge >= 0.3 is 0 Å². The van der Waals surface area contributed by atoms with Crippen LogP contribution in [-0.2, 0) is 14.8 Å². The van der Waals surface area contributed by atoms with Crippen molar-refractivity contribution in [3.05, 3.63) is 24.3 Å². The minimum absolute atomic E-state index is 0.141. The Morgan fingerprint density at radius 1 is 1.23 bits per heavy atom. The summed E-state index contributed by atoms with van der Waals surface area (Å²) in [4.78, 5) is 12.2. The lowest BCUT2D eigenvalue weighted by Gasteiger charge is -2.19. The second kappa shape index (κ2) is 10.4. The lowest BCUT2D eigenvalue weighted by atomic mass is 9.99. The van der Waals surface area contributed by atoms with Gasteiger partial charge in [-0.15, -0.1) is 0 Å². The lowest BCUT2D eigenvalue weighted by Crippen LogP contribution is -2.38. The van der Waals surface area contributed by atoms with Gasteiger partial charge in [-0.1, -0.05) is 33.1 Å². The van der Waals surface area contributed by atoms with Crippen molar-refractivity contribution in [2.45, 2.75) is 52.6 Å². The third-order valence-electron chi connectivity index (χ3n) is 4.49. The number of nitrogens with one attached hydrogen (secondary N) is 1. The van der Waals surface area contributed by atoms with E-state index in [0.717, 1.165) is 25.5 Å². The Labute approximate surface area is 158 Å². The summed E-state index contributed by atoms with van der Waals surface area (Å²) >= 11 is 0. The Bertz CT molecular complexity index is 659. The number of ether oxygens (including phenoxy) is 1. The molecule has 1 amide bonds. The molecule has 1 aromatic rings. The van der Waals surface area contributed by atoms with E-state index in [1.807, 2.05) is 0 Å². The van der Waals surface area contributed by atoms with E-state index >= 15 is 0 Å². The maximum atomic E-state index is 12.2. The number of hydrogen-bond donors (Lipinski definition) is 1. The second-order valence-electron chi connectivity index (χ2n) is 6.65. The predicted molar refractivity (Wildman–Crippen MR) is 106 cm³/mol. The van der Waals surface area contributed by atoms with Crippen LogP contribution in [0.25, 0.3) is 0 Å². The summed E-state index contributed by atoms with van der Waals surface area (Å²) in [5.74, 6) is 0.880. The highest BCUT2D eigenvalue weighted by atomic mass is 32.2. The Kier molecular flexibility index (Phi) is 8.92. The number of unbranched alkanes of at least 4 members (excludes halogenated alkanes) is 1. The SMILES string of the molecule is CCCC[C@@H](CC)CNC(=O)[C@@H](C)Oc1ccc(N(C)S(C)(=O)=O)cc1. The first-order valence-electron chi connectivity index (χ1n) is 9.17. The number of nitrogens with zero attached hydrogens (tertiary/aromatic N) is 1. The van der Waals surface area contributed by atoms with Gasteiger partial charge in [-0.2, -0.15) is 0 Å². The van der Waals surface area contributed by atoms with Gasteiger partial charge in [0.15, 0.2) is 6.10 Å². The number of amides is 1. The van der Waals surface area contributed by atoms with Gasteiger partial charge in [0.2, 0.25) is 10.0 Å². The molecule has 0 spiro atoms. The quantitative estimate of drug-likeness (QED) is 0.636. The van der Waals surface area contributed by atoms with Crippen LogP contribution in [0.2, 0.25) is 0 Å². The van der Waals surface area contributed by atoms with E-state index in [0.29, 0.717) is 23.9 Å². The molecule has 0 unspecified atom stereocenters. The average Bonchev–Trinajstić information content (AvgIpc) is 2.60. The van der Waals surface area contributed by atoms with Crippen molar-refractivity contribution in [1.29, 1.82) is 0 Å². The van der Waals surface area contributed by atoms with E-state index in [1.54, 1.807) is 31.2 Å². The molecule has 0 radical (unpaired) electrons. The van der Waals surface area contributed by atoms with Crippen LogP contribution in [0, 0.1) is 5.92 Å². The first-order valence-corrected chi connectivity index (χ1v) is 11.0. The molecule has 7 heteroatoms. The summed E-state index contributed by atoms with van der Waals surface area (Å²) in [5.41, 5.74) is 0.540. The van der Waals surface area contributed by atoms with Crippen LogP contribution in [0.1, 0.15) is 46.5 Å². The summed E-state index contributed by atoms with van der Waals surface area (Å²) in [6, 6.07) is 6.63. The van der Waals surface area contributed by atoms with Crippen LogP contribution in [0.15, 0.2) is 24.3 Å². The van der Waals surface area contributed by atoms with Gasteiger partial charge in [-0.3, -0.25) is 9.10 Å². The zero-order chi connectivity index (χ0) is 19.7. The van der Waals surface area contributed by atoms with Crippen molar-refractivity contribution in [2.24, 2.45) is 5.92 Å². The molecule has 0 saturated carbocycles. The van der Waals surface area contributed by atoms with Gasteiger partial charge in [0.1, 0.15) is 5.75 Å². The zero-order valence-electron chi connectivity index (χ0n) is 16.5. The zero-order valence-corrected chi connectivity index (χ0v) is 17.3. The highest BCUT2D eigenvalue weighted by Gasteiger charge is 2.17. The van der Waals surface area contributed by atoms with Crippen molar-refractivity contribution in [2.75, 3.05) is 24.2 Å². The third kappa shape index (κ3) is 7.23. The van der Waals surface area contributed by atoms with Gasteiger partial charge in [0.05, 0.1) is 11.9 Å². The third-order valence-corrected chi connectivity index (χ3v) is 5.69. The van der Waals surface area contributed by atoms with Gasteiger partial charge in [0.25, 0.3) is 5.91 Å². The van der Waals surface area contributed by atoms with E-state index in [4.69, 9.17) is 4.74 Å².